The van der Waals surface area contributed by atoms with E-state index in [1.54, 1.807) is 6.07 Å². The molecule has 3 nitrogen and oxygen atoms in total. The monoisotopic (exact) mass is 636 g/mol. The fourth-order valence-electron chi connectivity index (χ4n) is 8.30. The van der Waals surface area contributed by atoms with Gasteiger partial charge in [-0.05, 0) is 70.6 Å². The summed E-state index contributed by atoms with van der Waals surface area (Å²) in [7, 11) is 0. The third-order valence-electron chi connectivity index (χ3n) is 10.6. The second-order valence-corrected chi connectivity index (χ2v) is 14.3. The lowest BCUT2D eigenvalue weighted by atomic mass is 9.87. The van der Waals surface area contributed by atoms with E-state index < -0.39 is 5.66 Å². The number of hydrogen-bond donors (Lipinski definition) is 0. The summed E-state index contributed by atoms with van der Waals surface area (Å²) in [5.41, 5.74) is 12.2. The zero-order valence-corrected chi connectivity index (χ0v) is 27.5. The summed E-state index contributed by atoms with van der Waals surface area (Å²) in [6.45, 7) is 6.78. The Morgan fingerprint density at radius 1 is 0.551 bits per heavy atom. The molecule has 8 aromatic rings. The SMILES string of the molecule is CC(C)(C)c1ccc2[n+](c1)C1(c3ccccc3-2)c2ccc3c(oc4c(-c5ccc(-c6ccccc6)cc5)c(F)ccc43)c2-c2cccc[n+]21. The quantitative estimate of drug-likeness (QED) is 0.173. The molecule has 0 bridgehead atoms. The van der Waals surface area contributed by atoms with Crippen LogP contribution in [0.15, 0.2) is 150 Å². The number of hydrogen-bond acceptors (Lipinski definition) is 1. The molecule has 3 aromatic heterocycles. The first-order valence-corrected chi connectivity index (χ1v) is 16.9. The van der Waals surface area contributed by atoms with Gasteiger partial charge in [-0.3, -0.25) is 0 Å². The van der Waals surface area contributed by atoms with Crippen LogP contribution < -0.4 is 9.13 Å². The number of fused-ring (bicyclic) bond motifs is 14. The molecule has 1 unspecified atom stereocenters. The molecule has 4 heteroatoms. The molecule has 2 aliphatic rings. The molecule has 0 N–H and O–H groups in total. The van der Waals surface area contributed by atoms with Crippen molar-refractivity contribution >= 4 is 21.9 Å². The maximum atomic E-state index is 15.9. The minimum Gasteiger partial charge on any atom is -0.454 e. The van der Waals surface area contributed by atoms with Gasteiger partial charge < -0.3 is 4.42 Å². The molecule has 0 radical (unpaired) electrons. The van der Waals surface area contributed by atoms with Gasteiger partial charge >= 0.3 is 5.66 Å². The Morgan fingerprint density at radius 3 is 2.02 bits per heavy atom. The van der Waals surface area contributed by atoms with Crippen molar-refractivity contribution in [1.82, 2.24) is 0 Å². The van der Waals surface area contributed by atoms with E-state index in [1.165, 1.54) is 22.4 Å². The molecule has 10 rings (SSSR count). The topological polar surface area (TPSA) is 20.9 Å². The molecule has 0 amide bonds. The van der Waals surface area contributed by atoms with Crippen molar-refractivity contribution < 1.29 is 17.9 Å². The fourth-order valence-corrected chi connectivity index (χ4v) is 8.30. The van der Waals surface area contributed by atoms with Gasteiger partial charge in [0.2, 0.25) is 11.4 Å². The number of furan rings is 1. The number of benzene rings is 5. The Hall–Kier alpha value is -5.87. The second kappa shape index (κ2) is 9.83. The minimum absolute atomic E-state index is 0.0356. The van der Waals surface area contributed by atoms with Gasteiger partial charge in [0.1, 0.15) is 33.7 Å². The first kappa shape index (κ1) is 28.2. The third-order valence-corrected chi connectivity index (χ3v) is 10.6. The van der Waals surface area contributed by atoms with Gasteiger partial charge in [-0.2, -0.15) is 0 Å². The van der Waals surface area contributed by atoms with E-state index >= 15 is 4.39 Å². The summed E-state index contributed by atoms with van der Waals surface area (Å²) in [4.78, 5) is 0. The van der Waals surface area contributed by atoms with E-state index in [1.807, 2.05) is 36.4 Å². The molecule has 5 heterocycles. The molecule has 0 fully saturated rings. The van der Waals surface area contributed by atoms with E-state index in [0.717, 1.165) is 49.9 Å². The van der Waals surface area contributed by atoms with Crippen molar-refractivity contribution in [3.63, 3.8) is 0 Å². The van der Waals surface area contributed by atoms with Gasteiger partial charge in [-0.1, -0.05) is 87.5 Å². The van der Waals surface area contributed by atoms with E-state index in [0.29, 0.717) is 11.1 Å². The highest BCUT2D eigenvalue weighted by molar-refractivity contribution is 6.13. The van der Waals surface area contributed by atoms with Crippen molar-refractivity contribution in [3.8, 4) is 44.8 Å². The summed E-state index contributed by atoms with van der Waals surface area (Å²) in [5.74, 6) is -0.300. The van der Waals surface area contributed by atoms with Crippen LogP contribution in [0.25, 0.3) is 66.7 Å². The van der Waals surface area contributed by atoms with E-state index in [-0.39, 0.29) is 11.2 Å². The molecule has 0 saturated heterocycles. The van der Waals surface area contributed by atoms with Gasteiger partial charge in [-0.15, -0.1) is 9.13 Å². The zero-order chi connectivity index (χ0) is 33.1. The summed E-state index contributed by atoms with van der Waals surface area (Å²) in [6.07, 6.45) is 4.52. The molecule has 49 heavy (non-hydrogen) atoms. The highest BCUT2D eigenvalue weighted by Crippen LogP contribution is 2.51. The number of nitrogens with zero attached hydrogens (tertiary/aromatic N) is 2. The predicted molar refractivity (Wildman–Crippen MR) is 193 cm³/mol. The summed E-state index contributed by atoms with van der Waals surface area (Å²) >= 11 is 0. The Balaban J connectivity index is 1.26. The Morgan fingerprint density at radius 2 is 1.22 bits per heavy atom. The van der Waals surface area contributed by atoms with Crippen molar-refractivity contribution in [2.45, 2.75) is 31.8 Å². The summed E-state index contributed by atoms with van der Waals surface area (Å²) < 4.78 is 27.7. The van der Waals surface area contributed by atoms with Crippen molar-refractivity contribution in [2.24, 2.45) is 0 Å². The lowest BCUT2D eigenvalue weighted by Gasteiger charge is -2.21. The average molecular weight is 637 g/mol. The van der Waals surface area contributed by atoms with Gasteiger partial charge in [0.25, 0.3) is 0 Å². The molecule has 5 aromatic carbocycles. The third kappa shape index (κ3) is 3.72. The molecule has 0 saturated carbocycles. The normalized spacial score (nSPS) is 15.8. The molecule has 1 spiro atoms. The summed E-state index contributed by atoms with van der Waals surface area (Å²) in [6, 6.07) is 45.9. The van der Waals surface area contributed by atoms with Gasteiger partial charge in [0, 0.05) is 34.5 Å². The van der Waals surface area contributed by atoms with Gasteiger partial charge in [-0.25, -0.2) is 4.39 Å². The Kier molecular flexibility index (Phi) is 5.65. The molecule has 1 atom stereocenters. The van der Waals surface area contributed by atoms with E-state index in [2.05, 4.69) is 133 Å². The highest BCUT2D eigenvalue weighted by Gasteiger charge is 2.67. The van der Waals surface area contributed by atoms with Gasteiger partial charge in [0.15, 0.2) is 12.4 Å². The average Bonchev–Trinajstić information content (AvgIpc) is 3.75. The van der Waals surface area contributed by atoms with Crippen LogP contribution >= 0.6 is 0 Å². The van der Waals surface area contributed by atoms with E-state index in [4.69, 9.17) is 4.42 Å². The highest BCUT2D eigenvalue weighted by atomic mass is 19.1. The van der Waals surface area contributed by atoms with E-state index in [9.17, 15) is 0 Å². The molecular weight excluding hydrogens is 604 g/mol. The standard InChI is InChI=1S/C45H33FN2O/c1-44(2,3)31-20-25-38-34-13-7-8-14-35(34)45(48(38)27-31)36-23-21-32-33-22-24-37(46)40(30-18-16-29(17-19-30)28-11-5-4-6-12-28)42(33)49-43(32)41(36)39-15-9-10-26-47(39)45/h4-27H,1-3H3/q+2. The predicted octanol–water partition coefficient (Wildman–Crippen LogP) is 10.2. The van der Waals surface area contributed by atoms with Gasteiger partial charge in [0.05, 0.1) is 11.1 Å². The van der Waals surface area contributed by atoms with Crippen LogP contribution in [0.4, 0.5) is 4.39 Å². The Bertz CT molecular complexity index is 2650. The minimum atomic E-state index is -0.659. The maximum absolute atomic E-state index is 15.9. The molecule has 234 valence electrons. The molecule has 0 aliphatic carbocycles. The fraction of sp³-hybridized carbons (Fsp3) is 0.111. The second-order valence-electron chi connectivity index (χ2n) is 14.3. The number of rotatable bonds is 2. The number of aromatic nitrogens is 2. The van der Waals surface area contributed by atoms with Crippen LogP contribution in [0.2, 0.25) is 0 Å². The Labute approximate surface area is 284 Å². The molecular formula is C45H33FN2O+2. The first-order valence-electron chi connectivity index (χ1n) is 16.9. The largest absolute Gasteiger partial charge is 0.454 e. The van der Waals surface area contributed by atoms with Crippen molar-refractivity contribution in [3.05, 3.63) is 168 Å². The lowest BCUT2D eigenvalue weighted by molar-refractivity contribution is -0.955. The summed E-state index contributed by atoms with van der Waals surface area (Å²) in [5, 5.41) is 1.88. The van der Waals surface area contributed by atoms with Crippen LogP contribution in [0.1, 0.15) is 37.5 Å². The lowest BCUT2D eigenvalue weighted by Crippen LogP contribution is -2.71. The first-order chi connectivity index (χ1) is 23.9. The van der Waals surface area contributed by atoms with Crippen molar-refractivity contribution in [2.75, 3.05) is 0 Å². The smallest absolute Gasteiger partial charge is 0.417 e. The van der Waals surface area contributed by atoms with Crippen molar-refractivity contribution in [1.29, 1.82) is 0 Å². The zero-order valence-electron chi connectivity index (χ0n) is 27.5. The number of pyridine rings is 2. The van der Waals surface area contributed by atoms with Crippen LogP contribution in [0.5, 0.6) is 0 Å². The van der Waals surface area contributed by atoms with Crippen LogP contribution in [-0.2, 0) is 11.1 Å². The maximum Gasteiger partial charge on any atom is 0.417 e. The van der Waals surface area contributed by atoms with Crippen LogP contribution in [0.3, 0.4) is 0 Å². The van der Waals surface area contributed by atoms with Crippen LogP contribution in [-0.4, -0.2) is 0 Å². The molecule has 2 aliphatic heterocycles. The number of halogens is 1. The van der Waals surface area contributed by atoms with Crippen LogP contribution in [0, 0.1) is 5.82 Å².